The molecule has 0 N–H and O–H groups in total. The average molecular weight is 286 g/mol. The Morgan fingerprint density at radius 1 is 1.33 bits per heavy atom. The maximum Gasteiger partial charge on any atom is 0.293 e. The number of nitrogens with zero attached hydrogens (tertiary/aromatic N) is 4. The molecule has 0 fully saturated rings. The Labute approximate surface area is 120 Å². The molecule has 0 spiro atoms. The van der Waals surface area contributed by atoms with Gasteiger partial charge < -0.3 is 13.8 Å². The molecule has 0 bridgehead atoms. The number of rotatable bonds is 5. The van der Waals surface area contributed by atoms with Crippen LogP contribution < -0.4 is 0 Å². The molecule has 0 radical (unpaired) electrons. The number of hydrogen-bond acceptors (Lipinski definition) is 6. The van der Waals surface area contributed by atoms with Gasteiger partial charge in [-0.15, -0.1) is 0 Å². The molecule has 0 aliphatic carbocycles. The third-order valence-corrected chi connectivity index (χ3v) is 3.06. The van der Waals surface area contributed by atoms with E-state index in [2.05, 4.69) is 15.1 Å². The van der Waals surface area contributed by atoms with E-state index in [0.717, 1.165) is 17.6 Å². The van der Waals surface area contributed by atoms with Crippen LogP contribution >= 0.6 is 0 Å². The minimum absolute atomic E-state index is 0.314. The molecule has 0 saturated heterocycles. The van der Waals surface area contributed by atoms with Crippen molar-refractivity contribution in [3.05, 3.63) is 29.7 Å². The fraction of sp³-hybridized carbons (Fsp3) is 0.286. The van der Waals surface area contributed by atoms with E-state index in [-0.39, 0.29) is 0 Å². The smallest absolute Gasteiger partial charge is 0.293 e. The zero-order valence-corrected chi connectivity index (χ0v) is 11.7. The Morgan fingerprint density at radius 2 is 2.19 bits per heavy atom. The Bertz CT molecular complexity index is 777. The Balaban J connectivity index is 1.82. The van der Waals surface area contributed by atoms with Crippen LogP contribution in [-0.4, -0.2) is 40.0 Å². The Morgan fingerprint density at radius 3 is 3.00 bits per heavy atom. The summed E-state index contributed by atoms with van der Waals surface area (Å²) in [6.45, 7) is 2.45. The van der Waals surface area contributed by atoms with Gasteiger partial charge in [0.25, 0.3) is 5.89 Å². The van der Waals surface area contributed by atoms with Gasteiger partial charge in [0.15, 0.2) is 17.2 Å². The summed E-state index contributed by atoms with van der Waals surface area (Å²) in [7, 11) is 1.70. The van der Waals surface area contributed by atoms with Crippen molar-refractivity contribution in [3.8, 4) is 11.7 Å². The van der Waals surface area contributed by atoms with Crippen LogP contribution in [0.3, 0.4) is 0 Å². The average Bonchev–Trinajstić information content (AvgIpc) is 3.10. The van der Waals surface area contributed by atoms with Gasteiger partial charge in [0.1, 0.15) is 5.52 Å². The molecule has 108 valence electrons. The minimum atomic E-state index is 0.314. The van der Waals surface area contributed by atoms with Crippen LogP contribution in [0.5, 0.6) is 0 Å². The lowest BCUT2D eigenvalue weighted by Gasteiger charge is -2.06. The zero-order valence-electron chi connectivity index (χ0n) is 11.7. The molecular weight excluding hydrogens is 272 g/mol. The van der Waals surface area contributed by atoms with Crippen molar-refractivity contribution < 1.29 is 13.7 Å². The van der Waals surface area contributed by atoms with E-state index in [0.29, 0.717) is 36.0 Å². The fourth-order valence-electron chi connectivity index (χ4n) is 1.92. The summed E-state index contributed by atoms with van der Waals surface area (Å²) in [5, 5.41) is 3.88. The molecule has 0 atom stereocenters. The minimum Gasteiger partial charge on any atom is -0.449 e. The predicted molar refractivity (Wildman–Crippen MR) is 74.4 cm³/mol. The largest absolute Gasteiger partial charge is 0.449 e. The van der Waals surface area contributed by atoms with Crippen LogP contribution in [0.2, 0.25) is 0 Å². The summed E-state index contributed by atoms with van der Waals surface area (Å²) in [6, 6.07) is 5.51. The van der Waals surface area contributed by atoms with Gasteiger partial charge in [0, 0.05) is 31.8 Å². The van der Waals surface area contributed by atoms with E-state index in [1.807, 2.05) is 19.1 Å². The van der Waals surface area contributed by atoms with E-state index >= 15 is 0 Å². The third-order valence-electron chi connectivity index (χ3n) is 3.06. The predicted octanol–water partition coefficient (Wildman–Crippen LogP) is 1.82. The number of aryl methyl sites for hydroxylation is 1. The molecule has 0 unspecified atom stereocenters. The Kier molecular flexibility index (Phi) is 3.39. The van der Waals surface area contributed by atoms with Gasteiger partial charge in [-0.2, -0.15) is 4.98 Å². The number of pyridine rings is 1. The van der Waals surface area contributed by atoms with Gasteiger partial charge in [-0.05, 0) is 19.1 Å². The van der Waals surface area contributed by atoms with Crippen LogP contribution in [0.25, 0.3) is 22.8 Å². The lowest BCUT2D eigenvalue weighted by atomic mass is 10.3. The van der Waals surface area contributed by atoms with Crippen molar-refractivity contribution in [1.29, 1.82) is 0 Å². The number of amides is 1. The first-order valence-corrected chi connectivity index (χ1v) is 6.51. The molecule has 0 aliphatic rings. The third kappa shape index (κ3) is 2.76. The van der Waals surface area contributed by atoms with Gasteiger partial charge >= 0.3 is 0 Å². The number of fused-ring (bicyclic) bond motifs is 1. The standard InChI is InChI=1S/C14H14N4O3/c1-9-3-4-11-10(15-9)7-12(20-11)14-16-13(17-21-14)5-6-18(2)8-19/h3-4,7-8H,5-6H2,1-2H3. The second-order valence-electron chi connectivity index (χ2n) is 4.80. The van der Waals surface area contributed by atoms with Gasteiger partial charge in [-0.3, -0.25) is 4.79 Å². The second-order valence-corrected chi connectivity index (χ2v) is 4.80. The zero-order chi connectivity index (χ0) is 14.8. The molecule has 3 aromatic rings. The normalized spacial score (nSPS) is 11.0. The first-order valence-electron chi connectivity index (χ1n) is 6.51. The summed E-state index contributed by atoms with van der Waals surface area (Å²) in [6.07, 6.45) is 1.28. The van der Waals surface area contributed by atoms with Gasteiger partial charge in [0.2, 0.25) is 6.41 Å². The monoisotopic (exact) mass is 286 g/mol. The van der Waals surface area contributed by atoms with Crippen LogP contribution in [0.1, 0.15) is 11.5 Å². The van der Waals surface area contributed by atoms with Crippen LogP contribution in [-0.2, 0) is 11.2 Å². The quantitative estimate of drug-likeness (QED) is 0.665. The lowest BCUT2D eigenvalue weighted by molar-refractivity contribution is -0.116. The summed E-state index contributed by atoms with van der Waals surface area (Å²) in [5.41, 5.74) is 2.35. The van der Waals surface area contributed by atoms with Gasteiger partial charge in [-0.25, -0.2) is 4.98 Å². The van der Waals surface area contributed by atoms with Crippen molar-refractivity contribution in [2.45, 2.75) is 13.3 Å². The van der Waals surface area contributed by atoms with Crippen molar-refractivity contribution in [3.63, 3.8) is 0 Å². The first kappa shape index (κ1) is 13.3. The molecule has 7 nitrogen and oxygen atoms in total. The molecular formula is C14H14N4O3. The molecule has 0 saturated carbocycles. The van der Waals surface area contributed by atoms with Gasteiger partial charge in [0.05, 0.1) is 0 Å². The summed E-state index contributed by atoms with van der Waals surface area (Å²) in [4.78, 5) is 20.7. The number of likely N-dealkylation sites (N-methyl/N-ethyl adjacent to an activating group) is 1. The SMILES string of the molecule is Cc1ccc2oc(-c3nc(CCN(C)C=O)no3)cc2n1. The molecule has 7 heteroatoms. The lowest BCUT2D eigenvalue weighted by Crippen LogP contribution is -2.19. The van der Waals surface area contributed by atoms with E-state index in [1.54, 1.807) is 13.1 Å². The van der Waals surface area contributed by atoms with Crippen molar-refractivity contribution in [1.82, 2.24) is 20.0 Å². The highest BCUT2D eigenvalue weighted by atomic mass is 16.5. The maximum absolute atomic E-state index is 10.5. The highest BCUT2D eigenvalue weighted by molar-refractivity contribution is 5.77. The number of carbonyl (C=O) groups is 1. The molecule has 1 amide bonds. The summed E-state index contributed by atoms with van der Waals surface area (Å²) < 4.78 is 10.8. The van der Waals surface area contributed by atoms with Gasteiger partial charge in [-0.1, -0.05) is 5.16 Å². The highest BCUT2D eigenvalue weighted by Crippen LogP contribution is 2.25. The van der Waals surface area contributed by atoms with E-state index in [4.69, 9.17) is 8.94 Å². The topological polar surface area (TPSA) is 85.3 Å². The Hall–Kier alpha value is -2.70. The van der Waals surface area contributed by atoms with Crippen molar-refractivity contribution in [2.24, 2.45) is 0 Å². The summed E-state index contributed by atoms with van der Waals surface area (Å²) in [5.74, 6) is 1.34. The number of aromatic nitrogens is 3. The van der Waals surface area contributed by atoms with Crippen molar-refractivity contribution in [2.75, 3.05) is 13.6 Å². The molecule has 3 aromatic heterocycles. The first-order chi connectivity index (χ1) is 10.2. The van der Waals surface area contributed by atoms with Crippen molar-refractivity contribution >= 4 is 17.5 Å². The fourth-order valence-corrected chi connectivity index (χ4v) is 1.92. The number of carbonyl (C=O) groups excluding carboxylic acids is 1. The number of hydrogen-bond donors (Lipinski definition) is 0. The second kappa shape index (κ2) is 5.35. The van der Waals surface area contributed by atoms with E-state index in [9.17, 15) is 4.79 Å². The molecule has 3 rings (SSSR count). The molecule has 3 heterocycles. The van der Waals surface area contributed by atoms with Crippen LogP contribution in [0, 0.1) is 6.92 Å². The molecule has 0 aromatic carbocycles. The highest BCUT2D eigenvalue weighted by Gasteiger charge is 2.14. The summed E-state index contributed by atoms with van der Waals surface area (Å²) >= 11 is 0. The molecule has 21 heavy (non-hydrogen) atoms. The van der Waals surface area contributed by atoms with E-state index < -0.39 is 0 Å². The van der Waals surface area contributed by atoms with Crippen LogP contribution in [0.4, 0.5) is 0 Å². The van der Waals surface area contributed by atoms with E-state index in [1.165, 1.54) is 4.90 Å². The van der Waals surface area contributed by atoms with Crippen LogP contribution in [0.15, 0.2) is 27.1 Å². The maximum atomic E-state index is 10.5. The number of furan rings is 1. The molecule has 0 aliphatic heterocycles.